The molecule has 0 unspecified atom stereocenters. The fraction of sp³-hybridized carbons (Fsp3) is 0.590. The van der Waals surface area contributed by atoms with Crippen molar-refractivity contribution in [3.05, 3.63) is 86.0 Å². The predicted octanol–water partition coefficient (Wildman–Crippen LogP) is 5.76. The van der Waals surface area contributed by atoms with Crippen molar-refractivity contribution in [1.29, 1.82) is 0 Å². The zero-order valence-electron chi connectivity index (χ0n) is 29.1. The van der Waals surface area contributed by atoms with Gasteiger partial charge in [0, 0.05) is 20.0 Å². The molecular formula is C39H54O8Si. The van der Waals surface area contributed by atoms with Gasteiger partial charge in [0.25, 0.3) is 8.32 Å². The van der Waals surface area contributed by atoms with Crippen molar-refractivity contribution in [2.24, 2.45) is 0 Å². The van der Waals surface area contributed by atoms with Gasteiger partial charge in [-0.15, -0.1) is 13.2 Å². The SMILES string of the molecule is C=CC[C@H]1CCC[C@@]2(O1)O[C@H]1[C@@H](OC)O[C@H](CO[Si](c3ccccc3)(c3ccccc3)C(C)(C)C)[C@@H](O)[C@@H]1O[C@]21CCC[C@H](CC=C)O1. The minimum absolute atomic E-state index is 0.0836. The van der Waals surface area contributed by atoms with E-state index in [1.165, 1.54) is 0 Å². The van der Waals surface area contributed by atoms with Gasteiger partial charge in [0.1, 0.15) is 24.4 Å². The largest absolute Gasteiger partial charge is 0.405 e. The Morgan fingerprint density at radius 2 is 1.31 bits per heavy atom. The lowest BCUT2D eigenvalue weighted by atomic mass is 9.84. The van der Waals surface area contributed by atoms with Crippen molar-refractivity contribution in [3.8, 4) is 0 Å². The van der Waals surface area contributed by atoms with Gasteiger partial charge in [0.05, 0.1) is 18.8 Å². The van der Waals surface area contributed by atoms with Gasteiger partial charge in [-0.3, -0.25) is 0 Å². The normalized spacial score (nSPS) is 35.6. The summed E-state index contributed by atoms with van der Waals surface area (Å²) in [5.74, 6) is -2.39. The third-order valence-electron chi connectivity index (χ3n) is 10.6. The third-order valence-corrected chi connectivity index (χ3v) is 15.6. The van der Waals surface area contributed by atoms with E-state index in [0.717, 1.165) is 36.1 Å². The first kappa shape index (κ1) is 35.6. The van der Waals surface area contributed by atoms with Crippen molar-refractivity contribution in [1.82, 2.24) is 0 Å². The van der Waals surface area contributed by atoms with Crippen LogP contribution in [0, 0.1) is 0 Å². The molecule has 2 spiro atoms. The molecule has 4 aliphatic heterocycles. The molecule has 9 heteroatoms. The van der Waals surface area contributed by atoms with Gasteiger partial charge in [-0.1, -0.05) is 93.6 Å². The van der Waals surface area contributed by atoms with E-state index >= 15 is 0 Å². The molecule has 262 valence electrons. The van der Waals surface area contributed by atoms with Gasteiger partial charge < -0.3 is 38.0 Å². The molecule has 4 saturated heterocycles. The molecule has 48 heavy (non-hydrogen) atoms. The van der Waals surface area contributed by atoms with Crippen molar-refractivity contribution in [3.63, 3.8) is 0 Å². The summed E-state index contributed by atoms with van der Waals surface area (Å²) >= 11 is 0. The molecule has 1 N–H and O–H groups in total. The van der Waals surface area contributed by atoms with Crippen LogP contribution >= 0.6 is 0 Å². The maximum atomic E-state index is 12.1. The molecule has 0 radical (unpaired) electrons. The molecule has 9 atom stereocenters. The minimum Gasteiger partial charge on any atom is -0.405 e. The summed E-state index contributed by atoms with van der Waals surface area (Å²) in [6, 6.07) is 20.9. The second-order valence-corrected chi connectivity index (χ2v) is 19.0. The highest BCUT2D eigenvalue weighted by molar-refractivity contribution is 6.99. The zero-order valence-corrected chi connectivity index (χ0v) is 30.1. The van der Waals surface area contributed by atoms with Crippen LogP contribution in [0.1, 0.15) is 72.1 Å². The Morgan fingerprint density at radius 3 is 1.77 bits per heavy atom. The molecule has 2 aromatic carbocycles. The van der Waals surface area contributed by atoms with Crippen LogP contribution in [-0.2, 0) is 32.8 Å². The topological polar surface area (TPSA) is 84.8 Å². The molecule has 0 aromatic heterocycles. The van der Waals surface area contributed by atoms with Crippen LogP contribution in [0.4, 0.5) is 0 Å². The van der Waals surface area contributed by atoms with Gasteiger partial charge in [0.15, 0.2) is 6.29 Å². The summed E-state index contributed by atoms with van der Waals surface area (Å²) in [4.78, 5) is 0. The fourth-order valence-electron chi connectivity index (χ4n) is 8.40. The highest BCUT2D eigenvalue weighted by Gasteiger charge is 2.68. The Labute approximate surface area is 287 Å². The highest BCUT2D eigenvalue weighted by atomic mass is 28.4. The van der Waals surface area contributed by atoms with E-state index in [0.29, 0.717) is 25.7 Å². The average Bonchev–Trinajstić information content (AvgIpc) is 3.08. The van der Waals surface area contributed by atoms with E-state index < -0.39 is 50.6 Å². The highest BCUT2D eigenvalue weighted by Crippen LogP contribution is 2.54. The number of aliphatic hydroxyl groups is 1. The molecule has 4 aliphatic rings. The summed E-state index contributed by atoms with van der Waals surface area (Å²) in [6.45, 7) is 14.7. The Hall–Kier alpha value is -2.18. The number of fused-ring (bicyclic) bond motifs is 2. The van der Waals surface area contributed by atoms with Crippen LogP contribution in [-0.4, -0.2) is 81.6 Å². The Morgan fingerprint density at radius 1 is 0.812 bits per heavy atom. The molecule has 2 aromatic rings. The Bertz CT molecular complexity index is 1330. The molecule has 0 bridgehead atoms. The van der Waals surface area contributed by atoms with Crippen LogP contribution < -0.4 is 10.4 Å². The molecular weight excluding hydrogens is 625 g/mol. The smallest absolute Gasteiger partial charge is 0.261 e. The van der Waals surface area contributed by atoms with E-state index in [-0.39, 0.29) is 23.9 Å². The first-order chi connectivity index (χ1) is 23.1. The number of rotatable bonds is 10. The van der Waals surface area contributed by atoms with Crippen LogP contribution in [0.2, 0.25) is 5.04 Å². The lowest BCUT2D eigenvalue weighted by molar-refractivity contribution is -0.519. The predicted molar refractivity (Wildman–Crippen MR) is 188 cm³/mol. The van der Waals surface area contributed by atoms with Crippen LogP contribution in [0.5, 0.6) is 0 Å². The van der Waals surface area contributed by atoms with Gasteiger partial charge in [-0.05, 0) is 53.9 Å². The standard InChI is InChI=1S/C39H54O8Si/c1-7-17-28-19-15-25-38(44-28)39(26-16-20-29(45-39)18-8-2)47-35-34(46-38)33(40)32(43-36(35)41-6)27-42-48(37(3,4)5,30-21-11-9-12-22-30)31-23-13-10-14-24-31/h7-14,21-24,28-29,32-36,40H,1-2,15-20,25-27H2,3-6H3/t28-,29-,32+,33+,34-,35+,36-,38+,39+/m0/s1. The number of hydrogen-bond donors (Lipinski definition) is 1. The summed E-state index contributed by atoms with van der Waals surface area (Å²) in [5.41, 5.74) is 0. The van der Waals surface area contributed by atoms with Gasteiger partial charge >= 0.3 is 0 Å². The Balaban J connectivity index is 1.33. The number of hydrogen-bond acceptors (Lipinski definition) is 8. The Kier molecular flexibility index (Phi) is 10.8. The average molecular weight is 679 g/mol. The van der Waals surface area contributed by atoms with E-state index in [2.05, 4.69) is 82.5 Å². The van der Waals surface area contributed by atoms with Crippen LogP contribution in [0.3, 0.4) is 0 Å². The maximum Gasteiger partial charge on any atom is 0.261 e. The van der Waals surface area contributed by atoms with Gasteiger partial charge in [-0.25, -0.2) is 0 Å². The van der Waals surface area contributed by atoms with E-state index in [9.17, 15) is 5.11 Å². The van der Waals surface area contributed by atoms with Crippen molar-refractivity contribution < 1.29 is 38.0 Å². The summed E-state index contributed by atoms with van der Waals surface area (Å²) in [7, 11) is -1.31. The molecule has 0 aliphatic carbocycles. The van der Waals surface area contributed by atoms with Crippen molar-refractivity contribution >= 4 is 18.7 Å². The quantitative estimate of drug-likeness (QED) is 0.251. The number of benzene rings is 2. The van der Waals surface area contributed by atoms with E-state index in [1.807, 2.05) is 24.3 Å². The van der Waals surface area contributed by atoms with Crippen LogP contribution in [0.15, 0.2) is 86.0 Å². The monoisotopic (exact) mass is 678 g/mol. The fourth-order valence-corrected chi connectivity index (χ4v) is 13.0. The first-order valence-corrected chi connectivity index (χ1v) is 19.6. The van der Waals surface area contributed by atoms with Gasteiger partial charge in [-0.2, -0.15) is 0 Å². The molecule has 6 rings (SSSR count). The summed E-state index contributed by atoms with van der Waals surface area (Å²) in [5, 5.41) is 14.2. The molecule has 8 nitrogen and oxygen atoms in total. The second kappa shape index (κ2) is 14.6. The lowest BCUT2D eigenvalue weighted by Crippen LogP contribution is -2.76. The van der Waals surface area contributed by atoms with Crippen molar-refractivity contribution in [2.45, 2.75) is 132 Å². The minimum atomic E-state index is -2.91. The number of aliphatic hydroxyl groups excluding tert-OH is 1. The first-order valence-electron chi connectivity index (χ1n) is 17.7. The molecule has 4 fully saturated rings. The van der Waals surface area contributed by atoms with Crippen molar-refractivity contribution in [2.75, 3.05) is 13.7 Å². The molecule has 4 heterocycles. The lowest BCUT2D eigenvalue weighted by Gasteiger charge is -2.62. The van der Waals surface area contributed by atoms with E-state index in [4.69, 9.17) is 32.8 Å². The summed E-state index contributed by atoms with van der Waals surface area (Å²) in [6.07, 6.45) is 5.49. The van der Waals surface area contributed by atoms with Gasteiger partial charge in [0.2, 0.25) is 11.6 Å². The number of ether oxygens (including phenoxy) is 6. The summed E-state index contributed by atoms with van der Waals surface area (Å²) < 4.78 is 47.5. The second-order valence-electron chi connectivity index (χ2n) is 14.7. The van der Waals surface area contributed by atoms with E-state index in [1.54, 1.807) is 7.11 Å². The molecule has 0 saturated carbocycles. The van der Waals surface area contributed by atoms with Crippen LogP contribution in [0.25, 0.3) is 0 Å². The maximum absolute atomic E-state index is 12.1. The third kappa shape index (κ3) is 6.42. The number of methoxy groups -OCH3 is 1. The zero-order chi connectivity index (χ0) is 34.0. The molecule has 0 amide bonds.